The summed E-state index contributed by atoms with van der Waals surface area (Å²) >= 11 is 3.32. The van der Waals surface area contributed by atoms with Crippen molar-refractivity contribution in [3.63, 3.8) is 0 Å². The number of carbonyl (C=O) groups excluding carboxylic acids is 1. The van der Waals surface area contributed by atoms with Crippen LogP contribution in [0.25, 0.3) is 6.08 Å². The molecule has 0 aliphatic carbocycles. The smallest absolute Gasteiger partial charge is 0.267 e. The predicted octanol–water partition coefficient (Wildman–Crippen LogP) is 1.97. The average molecular weight is 242 g/mol. The molecule has 0 aliphatic rings. The first-order chi connectivity index (χ1) is 6.24. The molecule has 0 saturated heterocycles. The van der Waals surface area contributed by atoms with E-state index < -0.39 is 5.91 Å². The van der Waals surface area contributed by atoms with Gasteiger partial charge in [0.15, 0.2) is 0 Å². The minimum Gasteiger partial charge on any atom is -0.288 e. The Morgan fingerprint density at radius 3 is 2.77 bits per heavy atom. The molecule has 1 aromatic rings. The minimum atomic E-state index is -0.546. The molecular formula is C9H8BrNO2. The lowest BCUT2D eigenvalue weighted by Crippen LogP contribution is -2.14. The van der Waals surface area contributed by atoms with Crippen molar-refractivity contribution in [3.05, 3.63) is 40.4 Å². The Kier molecular flexibility index (Phi) is 3.67. The molecule has 0 aliphatic heterocycles. The summed E-state index contributed by atoms with van der Waals surface area (Å²) in [6.45, 7) is 0. The molecule has 0 aromatic heterocycles. The molecule has 0 spiro atoms. The number of carbonyl (C=O) groups is 1. The number of amides is 1. The molecule has 2 N–H and O–H groups in total. The Morgan fingerprint density at radius 2 is 2.15 bits per heavy atom. The van der Waals surface area contributed by atoms with E-state index in [4.69, 9.17) is 5.21 Å². The lowest BCUT2D eigenvalue weighted by Gasteiger charge is -1.95. The van der Waals surface area contributed by atoms with Crippen LogP contribution < -0.4 is 5.48 Å². The number of hydroxylamine groups is 1. The fourth-order valence-corrected chi connectivity index (χ4v) is 1.23. The van der Waals surface area contributed by atoms with E-state index in [1.165, 1.54) is 11.6 Å². The van der Waals surface area contributed by atoms with Gasteiger partial charge in [0.25, 0.3) is 5.91 Å². The largest absolute Gasteiger partial charge is 0.288 e. The monoisotopic (exact) mass is 241 g/mol. The van der Waals surface area contributed by atoms with E-state index in [1.807, 2.05) is 24.3 Å². The number of hydrogen-bond donors (Lipinski definition) is 2. The topological polar surface area (TPSA) is 49.3 Å². The number of rotatable bonds is 2. The van der Waals surface area contributed by atoms with Crippen LogP contribution in [0.5, 0.6) is 0 Å². The van der Waals surface area contributed by atoms with E-state index >= 15 is 0 Å². The van der Waals surface area contributed by atoms with Crippen molar-refractivity contribution in [2.45, 2.75) is 0 Å². The number of benzene rings is 1. The third-order valence-electron chi connectivity index (χ3n) is 1.43. The summed E-state index contributed by atoms with van der Waals surface area (Å²) in [5.74, 6) is -0.546. The third-order valence-corrected chi connectivity index (χ3v) is 2.15. The van der Waals surface area contributed by atoms with Crippen LogP contribution in [0.1, 0.15) is 5.56 Å². The van der Waals surface area contributed by atoms with Crippen LogP contribution in [-0.2, 0) is 4.79 Å². The highest BCUT2D eigenvalue weighted by molar-refractivity contribution is 9.10. The molecule has 0 radical (unpaired) electrons. The van der Waals surface area contributed by atoms with Gasteiger partial charge in [-0.1, -0.05) is 34.1 Å². The summed E-state index contributed by atoms with van der Waals surface area (Å²) in [4.78, 5) is 10.6. The maximum Gasteiger partial charge on any atom is 0.267 e. The van der Waals surface area contributed by atoms with Crippen LogP contribution in [0.2, 0.25) is 0 Å². The Bertz CT molecular complexity index is 336. The molecule has 1 rings (SSSR count). The van der Waals surface area contributed by atoms with Crippen molar-refractivity contribution in [1.82, 2.24) is 5.48 Å². The van der Waals surface area contributed by atoms with Crippen molar-refractivity contribution in [2.24, 2.45) is 0 Å². The van der Waals surface area contributed by atoms with Crippen molar-refractivity contribution in [3.8, 4) is 0 Å². The summed E-state index contributed by atoms with van der Waals surface area (Å²) in [6, 6.07) is 7.47. The third kappa shape index (κ3) is 3.01. The Morgan fingerprint density at radius 1 is 1.46 bits per heavy atom. The predicted molar refractivity (Wildman–Crippen MR) is 53.1 cm³/mol. The first-order valence-electron chi connectivity index (χ1n) is 3.60. The van der Waals surface area contributed by atoms with E-state index in [-0.39, 0.29) is 0 Å². The molecule has 0 atom stereocenters. The average Bonchev–Trinajstić information content (AvgIpc) is 2.16. The van der Waals surface area contributed by atoms with Crippen molar-refractivity contribution < 1.29 is 10.0 Å². The van der Waals surface area contributed by atoms with Gasteiger partial charge in [-0.2, -0.15) is 0 Å². The molecule has 0 heterocycles. The van der Waals surface area contributed by atoms with Gasteiger partial charge in [0.1, 0.15) is 0 Å². The van der Waals surface area contributed by atoms with E-state index in [1.54, 1.807) is 6.08 Å². The van der Waals surface area contributed by atoms with Gasteiger partial charge in [0, 0.05) is 10.5 Å². The van der Waals surface area contributed by atoms with Crippen molar-refractivity contribution in [1.29, 1.82) is 0 Å². The van der Waals surface area contributed by atoms with Gasteiger partial charge in [-0.3, -0.25) is 10.0 Å². The summed E-state index contributed by atoms with van der Waals surface area (Å²) in [6.07, 6.45) is 2.86. The molecule has 1 aromatic carbocycles. The van der Waals surface area contributed by atoms with Gasteiger partial charge in [0.2, 0.25) is 0 Å². The number of nitrogens with one attached hydrogen (secondary N) is 1. The van der Waals surface area contributed by atoms with E-state index in [0.29, 0.717) is 0 Å². The number of halogens is 1. The van der Waals surface area contributed by atoms with Crippen LogP contribution in [0, 0.1) is 0 Å². The van der Waals surface area contributed by atoms with Crippen LogP contribution in [0.15, 0.2) is 34.8 Å². The zero-order valence-corrected chi connectivity index (χ0v) is 8.28. The fourth-order valence-electron chi connectivity index (χ4n) is 0.813. The van der Waals surface area contributed by atoms with Gasteiger partial charge in [-0.25, -0.2) is 5.48 Å². The van der Waals surface area contributed by atoms with Crippen LogP contribution in [0.4, 0.5) is 0 Å². The summed E-state index contributed by atoms with van der Waals surface area (Å²) in [5.41, 5.74) is 2.39. The minimum absolute atomic E-state index is 0.546. The van der Waals surface area contributed by atoms with E-state index in [2.05, 4.69) is 15.9 Å². The molecule has 0 fully saturated rings. The van der Waals surface area contributed by atoms with Gasteiger partial charge >= 0.3 is 0 Å². The highest BCUT2D eigenvalue weighted by Crippen LogP contribution is 2.16. The molecule has 0 unspecified atom stereocenters. The Balaban J connectivity index is 2.80. The first kappa shape index (κ1) is 9.95. The van der Waals surface area contributed by atoms with Gasteiger partial charge in [-0.05, 0) is 17.7 Å². The Labute approximate surface area is 84.2 Å². The summed E-state index contributed by atoms with van der Waals surface area (Å²) < 4.78 is 0.900. The molecular weight excluding hydrogens is 234 g/mol. The SMILES string of the molecule is O=C(/C=C/c1ccccc1Br)NO. The van der Waals surface area contributed by atoms with E-state index in [0.717, 1.165) is 10.0 Å². The summed E-state index contributed by atoms with van der Waals surface area (Å²) in [5, 5.41) is 8.22. The molecule has 3 nitrogen and oxygen atoms in total. The lowest BCUT2D eigenvalue weighted by atomic mass is 10.2. The normalized spacial score (nSPS) is 10.3. The van der Waals surface area contributed by atoms with Crippen LogP contribution in [0.3, 0.4) is 0 Å². The standard InChI is InChI=1S/C9H8BrNO2/c10-8-4-2-1-3-7(8)5-6-9(12)11-13/h1-6,13H,(H,11,12)/b6-5+. The van der Waals surface area contributed by atoms with Crippen molar-refractivity contribution >= 4 is 27.9 Å². The summed E-state index contributed by atoms with van der Waals surface area (Å²) in [7, 11) is 0. The van der Waals surface area contributed by atoms with Gasteiger partial charge in [0.05, 0.1) is 0 Å². The zero-order valence-electron chi connectivity index (χ0n) is 6.70. The molecule has 1 amide bonds. The van der Waals surface area contributed by atoms with Crippen LogP contribution >= 0.6 is 15.9 Å². The first-order valence-corrected chi connectivity index (χ1v) is 4.40. The van der Waals surface area contributed by atoms with Gasteiger partial charge in [-0.15, -0.1) is 0 Å². The second-order valence-electron chi connectivity index (χ2n) is 2.33. The molecule has 4 heteroatoms. The fraction of sp³-hybridized carbons (Fsp3) is 0. The maximum atomic E-state index is 10.6. The van der Waals surface area contributed by atoms with Gasteiger partial charge < -0.3 is 0 Å². The molecule has 68 valence electrons. The molecule has 0 bridgehead atoms. The highest BCUT2D eigenvalue weighted by Gasteiger charge is 1.94. The lowest BCUT2D eigenvalue weighted by molar-refractivity contribution is -0.124. The quantitative estimate of drug-likeness (QED) is 0.473. The highest BCUT2D eigenvalue weighted by atomic mass is 79.9. The molecule has 13 heavy (non-hydrogen) atoms. The van der Waals surface area contributed by atoms with Crippen molar-refractivity contribution in [2.75, 3.05) is 0 Å². The molecule has 0 saturated carbocycles. The Hall–Kier alpha value is -1.13. The second-order valence-corrected chi connectivity index (χ2v) is 3.19. The second kappa shape index (κ2) is 4.79. The maximum absolute atomic E-state index is 10.6. The number of hydrogen-bond acceptors (Lipinski definition) is 2. The van der Waals surface area contributed by atoms with Crippen LogP contribution in [-0.4, -0.2) is 11.1 Å². The zero-order chi connectivity index (χ0) is 9.68. The van der Waals surface area contributed by atoms with E-state index in [9.17, 15) is 4.79 Å².